The smallest absolute Gasteiger partial charge is 0.237 e. The van der Waals surface area contributed by atoms with E-state index in [1.807, 2.05) is 0 Å². The van der Waals surface area contributed by atoms with Crippen molar-refractivity contribution in [3.8, 4) is 39.2 Å². The first kappa shape index (κ1) is 34.7. The molecule has 0 fully saturated rings. The fraction of sp³-hybridized carbons (Fsp3) is 0.107. The van der Waals surface area contributed by atoms with Gasteiger partial charge < -0.3 is 0 Å². The van der Waals surface area contributed by atoms with Crippen LogP contribution in [0.25, 0.3) is 71.9 Å². The maximum absolute atomic E-state index is 5.74. The summed E-state index contributed by atoms with van der Waals surface area (Å²) in [5, 5.41) is 3.42. The Hall–Kier alpha value is -7.30. The Morgan fingerprint density at radius 1 is 0.433 bits per heavy atom. The first-order chi connectivity index (χ1) is 29.3. The molecule has 0 saturated carbocycles. The minimum atomic E-state index is -0.170. The van der Waals surface area contributed by atoms with Gasteiger partial charge in [0.05, 0.1) is 22.2 Å². The molecule has 286 valence electrons. The molecule has 0 atom stereocenters. The molecule has 0 spiro atoms. The van der Waals surface area contributed by atoms with Crippen LogP contribution in [0.4, 0.5) is 17.3 Å². The lowest BCUT2D eigenvalue weighted by Crippen LogP contribution is -2.18. The fourth-order valence-corrected chi connectivity index (χ4v) is 10.4. The van der Waals surface area contributed by atoms with E-state index >= 15 is 0 Å². The van der Waals surface area contributed by atoms with E-state index < -0.39 is 0 Å². The maximum Gasteiger partial charge on any atom is 0.237 e. The standard InChI is InChI=1S/C56H42N4/c1-55(2)45-24-13-9-21-40(45)52-46(55)25-16-28-50(52)59(37-31-29-36(30-32-37)35-17-6-5-7-18-35)54-57-48-26-14-10-22-41(48)53(58-54)60-49-27-15-11-20-39(49)43-33-42-38-19-8-12-23-44(38)56(3,4)47(42)34-51(43)60/h5-34H,1-4H3. The highest BCUT2D eigenvalue weighted by molar-refractivity contribution is 6.12. The topological polar surface area (TPSA) is 34.0 Å². The summed E-state index contributed by atoms with van der Waals surface area (Å²) < 4.78 is 2.39. The highest BCUT2D eigenvalue weighted by Gasteiger charge is 2.39. The molecular weight excluding hydrogens is 729 g/mol. The molecule has 2 aliphatic carbocycles. The molecular formula is C56H42N4. The molecule has 60 heavy (non-hydrogen) atoms. The molecule has 2 aliphatic rings. The van der Waals surface area contributed by atoms with Gasteiger partial charge in [0, 0.05) is 38.2 Å². The lowest BCUT2D eigenvalue weighted by Gasteiger charge is -2.28. The normalized spacial score (nSPS) is 14.3. The van der Waals surface area contributed by atoms with Gasteiger partial charge in [0.2, 0.25) is 5.95 Å². The van der Waals surface area contributed by atoms with Crippen molar-refractivity contribution in [1.29, 1.82) is 0 Å². The number of hydrogen-bond acceptors (Lipinski definition) is 3. The summed E-state index contributed by atoms with van der Waals surface area (Å²) in [6.45, 7) is 9.38. The van der Waals surface area contributed by atoms with Crippen LogP contribution in [0.15, 0.2) is 182 Å². The number of hydrogen-bond donors (Lipinski definition) is 0. The van der Waals surface area contributed by atoms with Gasteiger partial charge in [-0.05, 0) is 98.6 Å². The van der Waals surface area contributed by atoms with Crippen molar-refractivity contribution in [2.75, 3.05) is 4.90 Å². The predicted molar refractivity (Wildman–Crippen MR) is 249 cm³/mol. The Bertz CT molecular complexity index is 3370. The third-order valence-electron chi connectivity index (χ3n) is 13.4. The van der Waals surface area contributed by atoms with Crippen molar-refractivity contribution in [3.05, 3.63) is 204 Å². The first-order valence-corrected chi connectivity index (χ1v) is 20.9. The zero-order valence-electron chi connectivity index (χ0n) is 34.1. The summed E-state index contributed by atoms with van der Waals surface area (Å²) in [5.41, 5.74) is 17.6. The monoisotopic (exact) mass is 770 g/mol. The van der Waals surface area contributed by atoms with Crippen LogP contribution in [0.3, 0.4) is 0 Å². The van der Waals surface area contributed by atoms with Gasteiger partial charge in [0.1, 0.15) is 0 Å². The number of benzene rings is 8. The lowest BCUT2D eigenvalue weighted by atomic mass is 9.82. The van der Waals surface area contributed by atoms with Crippen LogP contribution in [0.5, 0.6) is 0 Å². The minimum absolute atomic E-state index is 0.152. The fourth-order valence-electron chi connectivity index (χ4n) is 10.4. The Labute approximate surface area is 350 Å². The number of aromatic nitrogens is 3. The van der Waals surface area contributed by atoms with Crippen molar-refractivity contribution in [2.45, 2.75) is 38.5 Å². The third kappa shape index (κ3) is 4.85. The molecule has 2 heterocycles. The van der Waals surface area contributed by atoms with Gasteiger partial charge in [0.25, 0.3) is 0 Å². The van der Waals surface area contributed by atoms with Crippen LogP contribution in [0.2, 0.25) is 0 Å². The number of fused-ring (bicyclic) bond motifs is 10. The van der Waals surface area contributed by atoms with Crippen LogP contribution in [-0.2, 0) is 10.8 Å². The van der Waals surface area contributed by atoms with E-state index in [1.54, 1.807) is 0 Å². The number of nitrogens with zero attached hydrogens (tertiary/aromatic N) is 4. The van der Waals surface area contributed by atoms with Crippen molar-refractivity contribution in [2.24, 2.45) is 0 Å². The maximum atomic E-state index is 5.74. The quantitative estimate of drug-likeness (QED) is 0.175. The number of rotatable bonds is 5. The third-order valence-corrected chi connectivity index (χ3v) is 13.4. The Kier molecular flexibility index (Phi) is 7.29. The van der Waals surface area contributed by atoms with Gasteiger partial charge in [0.15, 0.2) is 5.82 Å². The Balaban J connectivity index is 1.15. The highest BCUT2D eigenvalue weighted by atomic mass is 15.3. The summed E-state index contributed by atoms with van der Waals surface area (Å²) >= 11 is 0. The Morgan fingerprint density at radius 2 is 1.05 bits per heavy atom. The van der Waals surface area contributed by atoms with E-state index in [0.29, 0.717) is 5.95 Å². The Morgan fingerprint density at radius 3 is 1.85 bits per heavy atom. The molecule has 4 nitrogen and oxygen atoms in total. The second kappa shape index (κ2) is 12.6. The van der Waals surface area contributed by atoms with E-state index in [-0.39, 0.29) is 10.8 Å². The van der Waals surface area contributed by atoms with Crippen molar-refractivity contribution >= 4 is 50.0 Å². The van der Waals surface area contributed by atoms with Gasteiger partial charge in [-0.25, -0.2) is 4.98 Å². The molecule has 0 amide bonds. The predicted octanol–water partition coefficient (Wildman–Crippen LogP) is 14.5. The van der Waals surface area contributed by atoms with E-state index in [2.05, 4.69) is 219 Å². The molecule has 4 heteroatoms. The molecule has 10 aromatic rings. The molecule has 0 radical (unpaired) electrons. The molecule has 0 saturated heterocycles. The zero-order valence-corrected chi connectivity index (χ0v) is 34.1. The highest BCUT2D eigenvalue weighted by Crippen LogP contribution is 2.55. The second-order valence-electron chi connectivity index (χ2n) is 17.4. The van der Waals surface area contributed by atoms with Gasteiger partial charge in [-0.2, -0.15) is 4.98 Å². The molecule has 12 rings (SSSR count). The van der Waals surface area contributed by atoms with Crippen molar-refractivity contribution in [3.63, 3.8) is 0 Å². The molecule has 0 N–H and O–H groups in total. The second-order valence-corrected chi connectivity index (χ2v) is 17.4. The minimum Gasteiger partial charge on any atom is -0.293 e. The number of anilines is 3. The summed E-state index contributed by atoms with van der Waals surface area (Å²) in [5.74, 6) is 1.47. The van der Waals surface area contributed by atoms with Crippen LogP contribution in [0, 0.1) is 0 Å². The summed E-state index contributed by atoms with van der Waals surface area (Å²) in [6.07, 6.45) is 0. The molecule has 0 unspecified atom stereocenters. The SMILES string of the molecule is CC1(C)c2ccccc2-c2cc3c4ccccc4n(-c4nc(N(c5ccc(-c6ccccc6)cc5)c5cccc6c5-c5ccccc5C6(C)C)nc5ccccc45)c3cc21. The van der Waals surface area contributed by atoms with E-state index in [4.69, 9.17) is 9.97 Å². The van der Waals surface area contributed by atoms with E-state index in [9.17, 15) is 0 Å². The summed E-state index contributed by atoms with van der Waals surface area (Å²) in [4.78, 5) is 13.5. The van der Waals surface area contributed by atoms with Crippen LogP contribution >= 0.6 is 0 Å². The lowest BCUT2D eigenvalue weighted by molar-refractivity contribution is 0.660. The van der Waals surface area contributed by atoms with Gasteiger partial charge in [-0.15, -0.1) is 0 Å². The van der Waals surface area contributed by atoms with Crippen molar-refractivity contribution < 1.29 is 0 Å². The molecule has 8 aromatic carbocycles. The van der Waals surface area contributed by atoms with E-state index in [1.165, 1.54) is 60.8 Å². The van der Waals surface area contributed by atoms with Gasteiger partial charge >= 0.3 is 0 Å². The largest absolute Gasteiger partial charge is 0.293 e. The van der Waals surface area contributed by atoms with E-state index in [0.717, 1.165) is 44.7 Å². The molecule has 0 aliphatic heterocycles. The molecule has 2 aromatic heterocycles. The summed E-state index contributed by atoms with van der Waals surface area (Å²) in [7, 11) is 0. The average Bonchev–Trinajstić information content (AvgIpc) is 3.83. The van der Waals surface area contributed by atoms with Crippen LogP contribution < -0.4 is 4.90 Å². The number of para-hydroxylation sites is 2. The van der Waals surface area contributed by atoms with Gasteiger partial charge in [-0.3, -0.25) is 9.47 Å². The summed E-state index contributed by atoms with van der Waals surface area (Å²) in [6, 6.07) is 66.0. The zero-order chi connectivity index (χ0) is 40.3. The van der Waals surface area contributed by atoms with Crippen LogP contribution in [-0.4, -0.2) is 14.5 Å². The average molecular weight is 771 g/mol. The van der Waals surface area contributed by atoms with Crippen molar-refractivity contribution in [1.82, 2.24) is 14.5 Å². The van der Waals surface area contributed by atoms with Gasteiger partial charge in [-0.1, -0.05) is 161 Å². The first-order valence-electron chi connectivity index (χ1n) is 20.9. The van der Waals surface area contributed by atoms with Crippen LogP contribution in [0.1, 0.15) is 49.9 Å². The molecule has 0 bridgehead atoms.